The van der Waals surface area contributed by atoms with Gasteiger partial charge in [-0.05, 0) is 36.8 Å². The Bertz CT molecular complexity index is 764. The normalized spacial score (nSPS) is 10.7. The summed E-state index contributed by atoms with van der Waals surface area (Å²) >= 11 is 0. The van der Waals surface area contributed by atoms with Gasteiger partial charge in [-0.25, -0.2) is 4.98 Å². The maximum atomic E-state index is 11.6. The summed E-state index contributed by atoms with van der Waals surface area (Å²) in [6.07, 6.45) is 4.84. The topological polar surface area (TPSA) is 70.7 Å². The van der Waals surface area contributed by atoms with Crippen molar-refractivity contribution in [1.29, 1.82) is 0 Å². The van der Waals surface area contributed by atoms with Gasteiger partial charge >= 0.3 is 0 Å². The molecule has 0 radical (unpaired) electrons. The number of fused-ring (bicyclic) bond motifs is 1. The Morgan fingerprint density at radius 1 is 1.24 bits per heavy atom. The highest BCUT2D eigenvalue weighted by molar-refractivity contribution is 5.93. The summed E-state index contributed by atoms with van der Waals surface area (Å²) in [4.78, 5) is 23.4. The minimum absolute atomic E-state index is 0.0331. The molecule has 2 heterocycles. The number of amides is 1. The maximum Gasteiger partial charge on any atom is 0.224 e. The van der Waals surface area contributed by atoms with Crippen LogP contribution in [0, 0.1) is 0 Å². The number of nitrogens with zero attached hydrogens (tertiary/aromatic N) is 2. The van der Waals surface area contributed by atoms with Crippen LogP contribution in [-0.2, 0) is 4.79 Å². The fraction of sp³-hybridized carbons (Fsp3) is 0.188. The first-order valence-electron chi connectivity index (χ1n) is 6.96. The van der Waals surface area contributed by atoms with Crippen molar-refractivity contribution in [2.75, 3.05) is 5.32 Å². The van der Waals surface area contributed by atoms with Crippen LogP contribution < -0.4 is 5.32 Å². The number of H-pyrrole nitrogens is 1. The largest absolute Gasteiger partial charge is 0.338 e. The van der Waals surface area contributed by atoms with Crippen LogP contribution >= 0.6 is 0 Å². The van der Waals surface area contributed by atoms with Gasteiger partial charge in [-0.1, -0.05) is 6.92 Å². The lowest BCUT2D eigenvalue weighted by atomic mass is 10.2. The molecule has 0 spiro atoms. The van der Waals surface area contributed by atoms with Gasteiger partial charge in [-0.3, -0.25) is 9.78 Å². The summed E-state index contributed by atoms with van der Waals surface area (Å²) in [6, 6.07) is 9.48. The van der Waals surface area contributed by atoms with Crippen LogP contribution in [0.2, 0.25) is 0 Å². The Kier molecular flexibility index (Phi) is 3.64. The second kappa shape index (κ2) is 5.75. The minimum atomic E-state index is 0.0331. The predicted molar refractivity (Wildman–Crippen MR) is 82.9 cm³/mol. The number of hydrogen-bond donors (Lipinski definition) is 2. The zero-order valence-electron chi connectivity index (χ0n) is 11.8. The summed E-state index contributed by atoms with van der Waals surface area (Å²) in [5.41, 5.74) is 3.54. The van der Waals surface area contributed by atoms with E-state index in [9.17, 15) is 4.79 Å². The van der Waals surface area contributed by atoms with E-state index in [2.05, 4.69) is 20.3 Å². The number of carbonyl (C=O) groups excluding carboxylic acids is 1. The molecule has 3 aromatic rings. The molecule has 0 bridgehead atoms. The van der Waals surface area contributed by atoms with E-state index in [-0.39, 0.29) is 5.91 Å². The summed E-state index contributed by atoms with van der Waals surface area (Å²) in [5, 5.41) is 2.89. The molecule has 0 aliphatic carbocycles. The van der Waals surface area contributed by atoms with E-state index in [1.165, 1.54) is 0 Å². The molecule has 1 amide bonds. The van der Waals surface area contributed by atoms with Gasteiger partial charge in [-0.2, -0.15) is 0 Å². The molecule has 0 aliphatic heterocycles. The van der Waals surface area contributed by atoms with Crippen molar-refractivity contribution in [3.05, 3.63) is 42.7 Å². The van der Waals surface area contributed by atoms with Crippen LogP contribution in [0.1, 0.15) is 19.8 Å². The first kappa shape index (κ1) is 13.3. The van der Waals surface area contributed by atoms with Crippen molar-refractivity contribution in [3.8, 4) is 11.4 Å². The molecule has 106 valence electrons. The lowest BCUT2D eigenvalue weighted by molar-refractivity contribution is -0.116. The molecule has 3 rings (SSSR count). The second-order valence-electron chi connectivity index (χ2n) is 4.85. The number of hydrogen-bond acceptors (Lipinski definition) is 3. The fourth-order valence-electron chi connectivity index (χ4n) is 2.18. The van der Waals surface area contributed by atoms with Gasteiger partial charge in [0, 0.05) is 30.1 Å². The summed E-state index contributed by atoms with van der Waals surface area (Å²) in [6.45, 7) is 1.98. The van der Waals surface area contributed by atoms with Gasteiger partial charge in [0.25, 0.3) is 0 Å². The number of benzene rings is 1. The van der Waals surface area contributed by atoms with Crippen LogP contribution in [0.3, 0.4) is 0 Å². The van der Waals surface area contributed by atoms with E-state index in [4.69, 9.17) is 0 Å². The summed E-state index contributed by atoms with van der Waals surface area (Å²) in [5.74, 6) is 0.829. The van der Waals surface area contributed by atoms with Gasteiger partial charge in [0.2, 0.25) is 5.91 Å². The van der Waals surface area contributed by atoms with Gasteiger partial charge in [0.1, 0.15) is 5.82 Å². The fourth-order valence-corrected chi connectivity index (χ4v) is 2.18. The molecule has 0 unspecified atom stereocenters. The molecule has 0 fully saturated rings. The number of aromatic nitrogens is 3. The Labute approximate surface area is 122 Å². The maximum absolute atomic E-state index is 11.6. The molecule has 0 atom stereocenters. The highest BCUT2D eigenvalue weighted by atomic mass is 16.1. The molecule has 1 aromatic carbocycles. The number of aromatic amines is 1. The van der Waals surface area contributed by atoms with Gasteiger partial charge in [-0.15, -0.1) is 0 Å². The molecule has 0 aliphatic rings. The van der Waals surface area contributed by atoms with Crippen LogP contribution in [-0.4, -0.2) is 20.9 Å². The average Bonchev–Trinajstić information content (AvgIpc) is 2.91. The van der Waals surface area contributed by atoms with Crippen molar-refractivity contribution in [2.45, 2.75) is 19.8 Å². The van der Waals surface area contributed by atoms with E-state index in [0.717, 1.165) is 34.5 Å². The smallest absolute Gasteiger partial charge is 0.224 e. The Morgan fingerprint density at radius 3 is 2.81 bits per heavy atom. The minimum Gasteiger partial charge on any atom is -0.338 e. The standard InChI is InChI=1S/C16H16N4O/c1-2-3-15(21)18-12-4-5-13-14(10-12)20-16(19-13)11-6-8-17-9-7-11/h4-10H,2-3H2,1H3,(H,18,21)(H,19,20). The first-order valence-corrected chi connectivity index (χ1v) is 6.96. The Hall–Kier alpha value is -2.69. The van der Waals surface area contributed by atoms with Crippen molar-refractivity contribution in [1.82, 2.24) is 15.0 Å². The molecule has 2 N–H and O–H groups in total. The third-order valence-electron chi connectivity index (χ3n) is 3.20. The van der Waals surface area contributed by atoms with Gasteiger partial charge < -0.3 is 10.3 Å². The van der Waals surface area contributed by atoms with Gasteiger partial charge in [0.15, 0.2) is 0 Å². The third-order valence-corrected chi connectivity index (χ3v) is 3.20. The molecule has 21 heavy (non-hydrogen) atoms. The third kappa shape index (κ3) is 2.91. The van der Waals surface area contributed by atoms with Crippen LogP contribution in [0.5, 0.6) is 0 Å². The molecular weight excluding hydrogens is 264 g/mol. The molecule has 5 heteroatoms. The lowest BCUT2D eigenvalue weighted by Crippen LogP contribution is -2.10. The summed E-state index contributed by atoms with van der Waals surface area (Å²) < 4.78 is 0. The average molecular weight is 280 g/mol. The van der Waals surface area contributed by atoms with Crippen LogP contribution in [0.25, 0.3) is 22.4 Å². The zero-order chi connectivity index (χ0) is 14.7. The Balaban J connectivity index is 1.90. The molecule has 5 nitrogen and oxygen atoms in total. The summed E-state index contributed by atoms with van der Waals surface area (Å²) in [7, 11) is 0. The number of carbonyl (C=O) groups is 1. The number of rotatable bonds is 4. The van der Waals surface area contributed by atoms with E-state index in [0.29, 0.717) is 6.42 Å². The first-order chi connectivity index (χ1) is 10.3. The molecular formula is C16H16N4O. The van der Waals surface area contributed by atoms with Crippen molar-refractivity contribution in [2.24, 2.45) is 0 Å². The van der Waals surface area contributed by atoms with Crippen molar-refractivity contribution in [3.63, 3.8) is 0 Å². The number of anilines is 1. The SMILES string of the molecule is CCCC(=O)Nc1ccc2nc(-c3ccncc3)[nH]c2c1. The van der Waals surface area contributed by atoms with E-state index in [1.54, 1.807) is 12.4 Å². The van der Waals surface area contributed by atoms with Crippen LogP contribution in [0.15, 0.2) is 42.7 Å². The monoisotopic (exact) mass is 280 g/mol. The highest BCUT2D eigenvalue weighted by Gasteiger charge is 2.07. The molecule has 0 saturated carbocycles. The van der Waals surface area contributed by atoms with Crippen molar-refractivity contribution < 1.29 is 4.79 Å². The van der Waals surface area contributed by atoms with Gasteiger partial charge in [0.05, 0.1) is 11.0 Å². The van der Waals surface area contributed by atoms with Crippen LogP contribution in [0.4, 0.5) is 5.69 Å². The zero-order valence-corrected chi connectivity index (χ0v) is 11.8. The second-order valence-corrected chi connectivity index (χ2v) is 4.85. The van der Waals surface area contributed by atoms with E-state index < -0.39 is 0 Å². The molecule has 2 aromatic heterocycles. The van der Waals surface area contributed by atoms with Crippen molar-refractivity contribution >= 4 is 22.6 Å². The molecule has 0 saturated heterocycles. The quantitative estimate of drug-likeness (QED) is 0.769. The Morgan fingerprint density at radius 2 is 2.05 bits per heavy atom. The predicted octanol–water partition coefficient (Wildman–Crippen LogP) is 3.36. The highest BCUT2D eigenvalue weighted by Crippen LogP contribution is 2.22. The van der Waals surface area contributed by atoms with E-state index >= 15 is 0 Å². The van der Waals surface area contributed by atoms with E-state index in [1.807, 2.05) is 37.3 Å². The number of nitrogens with one attached hydrogen (secondary N) is 2. The number of pyridine rings is 1. The lowest BCUT2D eigenvalue weighted by Gasteiger charge is -2.03. The number of imidazole rings is 1.